The van der Waals surface area contributed by atoms with E-state index in [1.54, 1.807) is 11.0 Å². The molecule has 0 fully saturated rings. The van der Waals surface area contributed by atoms with E-state index in [0.29, 0.717) is 5.92 Å². The molecule has 3 atom stereocenters. The van der Waals surface area contributed by atoms with Crippen LogP contribution in [0.5, 0.6) is 0 Å². The number of hydrogen-bond acceptors (Lipinski definition) is 4. The fourth-order valence-corrected chi connectivity index (χ4v) is 2.70. The molecule has 2 rings (SSSR count). The van der Waals surface area contributed by atoms with Crippen LogP contribution in [0.15, 0.2) is 36.7 Å². The molecule has 3 N–H and O–H groups in total. The molecule has 1 aromatic carbocycles. The molecule has 3 unspecified atom stereocenters. The molecule has 0 aliphatic rings. The standard InChI is InChI=1S/C15H23N5/c1-4-11(2)13(12-8-6-5-7-9-12)14(19-16)15-17-10-18-20(15)3/h5-11,13-14,19H,4,16H2,1-3H3. The highest BCUT2D eigenvalue weighted by atomic mass is 15.4. The lowest BCUT2D eigenvalue weighted by molar-refractivity contribution is 0.325. The van der Waals surface area contributed by atoms with Crippen molar-refractivity contribution in [2.75, 3.05) is 0 Å². The summed E-state index contributed by atoms with van der Waals surface area (Å²) in [6.07, 6.45) is 2.65. The van der Waals surface area contributed by atoms with Gasteiger partial charge in [0.05, 0.1) is 6.04 Å². The number of nitrogens with two attached hydrogens (primary N) is 1. The van der Waals surface area contributed by atoms with Gasteiger partial charge in [0.25, 0.3) is 0 Å². The molecule has 0 bridgehead atoms. The second kappa shape index (κ2) is 6.63. The maximum absolute atomic E-state index is 5.83. The largest absolute Gasteiger partial charge is 0.271 e. The van der Waals surface area contributed by atoms with E-state index in [1.165, 1.54) is 5.56 Å². The van der Waals surface area contributed by atoms with Crippen LogP contribution in [0.1, 0.15) is 43.6 Å². The van der Waals surface area contributed by atoms with Crippen molar-refractivity contribution >= 4 is 0 Å². The van der Waals surface area contributed by atoms with Gasteiger partial charge in [-0.25, -0.2) is 10.4 Å². The quantitative estimate of drug-likeness (QED) is 0.625. The lowest BCUT2D eigenvalue weighted by Gasteiger charge is -2.30. The molecular weight excluding hydrogens is 250 g/mol. The van der Waals surface area contributed by atoms with Crippen LogP contribution in [-0.4, -0.2) is 14.8 Å². The molecule has 1 aromatic heterocycles. The maximum Gasteiger partial charge on any atom is 0.145 e. The predicted octanol–water partition coefficient (Wildman–Crippen LogP) is 2.15. The Morgan fingerprint density at radius 1 is 1.30 bits per heavy atom. The van der Waals surface area contributed by atoms with Crippen molar-refractivity contribution in [2.45, 2.75) is 32.2 Å². The molecule has 0 saturated heterocycles. The zero-order chi connectivity index (χ0) is 14.5. The third kappa shape index (κ3) is 2.89. The second-order valence-corrected chi connectivity index (χ2v) is 5.21. The topological polar surface area (TPSA) is 68.8 Å². The number of hydrazine groups is 1. The first kappa shape index (κ1) is 14.7. The minimum absolute atomic E-state index is 0.0557. The van der Waals surface area contributed by atoms with E-state index in [9.17, 15) is 0 Å². The predicted molar refractivity (Wildman–Crippen MR) is 79.7 cm³/mol. The van der Waals surface area contributed by atoms with E-state index in [-0.39, 0.29) is 12.0 Å². The summed E-state index contributed by atoms with van der Waals surface area (Å²) < 4.78 is 1.78. The summed E-state index contributed by atoms with van der Waals surface area (Å²) in [5, 5.41) is 4.16. The van der Waals surface area contributed by atoms with Crippen LogP contribution in [0.2, 0.25) is 0 Å². The SMILES string of the molecule is CCC(C)C(c1ccccc1)C(NN)c1ncnn1C. The number of nitrogens with one attached hydrogen (secondary N) is 1. The summed E-state index contributed by atoms with van der Waals surface area (Å²) in [6, 6.07) is 10.4. The Morgan fingerprint density at radius 3 is 2.50 bits per heavy atom. The van der Waals surface area contributed by atoms with E-state index in [2.05, 4.69) is 53.6 Å². The average molecular weight is 273 g/mol. The highest BCUT2D eigenvalue weighted by Gasteiger charge is 2.30. The van der Waals surface area contributed by atoms with Gasteiger partial charge in [-0.1, -0.05) is 50.6 Å². The van der Waals surface area contributed by atoms with Crippen LogP contribution in [0.4, 0.5) is 0 Å². The van der Waals surface area contributed by atoms with Crippen LogP contribution in [0.3, 0.4) is 0 Å². The van der Waals surface area contributed by atoms with E-state index < -0.39 is 0 Å². The summed E-state index contributed by atoms with van der Waals surface area (Å²) in [7, 11) is 1.89. The first-order valence-corrected chi connectivity index (χ1v) is 7.04. The van der Waals surface area contributed by atoms with Crippen molar-refractivity contribution in [3.8, 4) is 0 Å². The number of rotatable bonds is 6. The van der Waals surface area contributed by atoms with Crippen molar-refractivity contribution in [1.29, 1.82) is 0 Å². The average Bonchev–Trinajstić information content (AvgIpc) is 2.90. The van der Waals surface area contributed by atoms with Crippen molar-refractivity contribution in [3.05, 3.63) is 48.0 Å². The Hall–Kier alpha value is -1.72. The summed E-state index contributed by atoms with van der Waals surface area (Å²) in [5.74, 6) is 7.44. The third-order valence-electron chi connectivity index (χ3n) is 4.00. The normalized spacial score (nSPS) is 15.8. The monoisotopic (exact) mass is 273 g/mol. The number of aryl methyl sites for hydroxylation is 1. The maximum atomic E-state index is 5.83. The molecule has 0 saturated carbocycles. The molecule has 2 aromatic rings. The van der Waals surface area contributed by atoms with Crippen LogP contribution < -0.4 is 11.3 Å². The van der Waals surface area contributed by atoms with Crippen LogP contribution >= 0.6 is 0 Å². The Bertz CT molecular complexity index is 522. The van der Waals surface area contributed by atoms with Gasteiger partial charge in [-0.05, 0) is 11.5 Å². The Morgan fingerprint density at radius 2 is 2.00 bits per heavy atom. The van der Waals surface area contributed by atoms with Gasteiger partial charge < -0.3 is 0 Å². The fraction of sp³-hybridized carbons (Fsp3) is 0.467. The molecule has 1 heterocycles. The lowest BCUT2D eigenvalue weighted by atomic mass is 9.80. The lowest BCUT2D eigenvalue weighted by Crippen LogP contribution is -2.36. The summed E-state index contributed by atoms with van der Waals surface area (Å²) in [5.41, 5.74) is 4.21. The van der Waals surface area contributed by atoms with Crippen molar-refractivity contribution in [3.63, 3.8) is 0 Å². The van der Waals surface area contributed by atoms with E-state index >= 15 is 0 Å². The Kier molecular flexibility index (Phi) is 4.87. The molecular formula is C15H23N5. The molecule has 20 heavy (non-hydrogen) atoms. The Labute approximate surface area is 120 Å². The van der Waals surface area contributed by atoms with Gasteiger partial charge in [0, 0.05) is 13.0 Å². The van der Waals surface area contributed by atoms with Gasteiger partial charge >= 0.3 is 0 Å². The second-order valence-electron chi connectivity index (χ2n) is 5.21. The van der Waals surface area contributed by atoms with Crippen LogP contribution in [0, 0.1) is 5.92 Å². The van der Waals surface area contributed by atoms with Gasteiger partial charge in [-0.15, -0.1) is 0 Å². The van der Waals surface area contributed by atoms with Gasteiger partial charge in [0.15, 0.2) is 0 Å². The van der Waals surface area contributed by atoms with E-state index in [1.807, 2.05) is 13.1 Å². The molecule has 0 spiro atoms. The van der Waals surface area contributed by atoms with Crippen molar-refractivity contribution < 1.29 is 0 Å². The number of aromatic nitrogens is 3. The van der Waals surface area contributed by atoms with Gasteiger partial charge in [-0.3, -0.25) is 10.5 Å². The molecule has 5 heteroatoms. The molecule has 0 aliphatic heterocycles. The minimum Gasteiger partial charge on any atom is -0.271 e. The van der Waals surface area contributed by atoms with E-state index in [4.69, 9.17) is 5.84 Å². The summed E-state index contributed by atoms with van der Waals surface area (Å²) >= 11 is 0. The van der Waals surface area contributed by atoms with Gasteiger partial charge in [0.2, 0.25) is 0 Å². The van der Waals surface area contributed by atoms with Crippen molar-refractivity contribution in [1.82, 2.24) is 20.2 Å². The van der Waals surface area contributed by atoms with E-state index in [0.717, 1.165) is 12.2 Å². The number of benzene rings is 1. The van der Waals surface area contributed by atoms with Crippen molar-refractivity contribution in [2.24, 2.45) is 18.8 Å². The highest BCUT2D eigenvalue weighted by Crippen LogP contribution is 2.37. The third-order valence-corrected chi connectivity index (χ3v) is 4.00. The molecule has 5 nitrogen and oxygen atoms in total. The number of hydrogen-bond donors (Lipinski definition) is 2. The first-order valence-electron chi connectivity index (χ1n) is 7.04. The zero-order valence-electron chi connectivity index (χ0n) is 12.3. The molecule has 0 aliphatic carbocycles. The first-order chi connectivity index (χ1) is 9.69. The summed E-state index contributed by atoms with van der Waals surface area (Å²) in [6.45, 7) is 4.45. The van der Waals surface area contributed by atoms with Gasteiger partial charge in [-0.2, -0.15) is 5.10 Å². The van der Waals surface area contributed by atoms with Gasteiger partial charge in [0.1, 0.15) is 12.2 Å². The minimum atomic E-state index is -0.0557. The molecule has 108 valence electrons. The van der Waals surface area contributed by atoms with Crippen LogP contribution in [0.25, 0.3) is 0 Å². The Balaban J connectivity index is 2.42. The van der Waals surface area contributed by atoms with Crippen LogP contribution in [-0.2, 0) is 7.05 Å². The fourth-order valence-electron chi connectivity index (χ4n) is 2.70. The highest BCUT2D eigenvalue weighted by molar-refractivity contribution is 5.24. The smallest absolute Gasteiger partial charge is 0.145 e. The number of nitrogens with zero attached hydrogens (tertiary/aromatic N) is 3. The molecule has 0 radical (unpaired) electrons. The molecule has 0 amide bonds. The summed E-state index contributed by atoms with van der Waals surface area (Å²) in [4.78, 5) is 4.36. The zero-order valence-corrected chi connectivity index (χ0v) is 12.3.